The maximum atomic E-state index is 11.9. The molecule has 2 aromatic heterocycles. The molecule has 228 valence electrons. The average molecular weight is 676 g/mol. The van der Waals surface area contributed by atoms with Crippen molar-refractivity contribution in [2.45, 2.75) is 27.7 Å². The Kier molecular flexibility index (Phi) is 16.1. The summed E-state index contributed by atoms with van der Waals surface area (Å²) < 4.78 is 11.3. The lowest BCUT2D eigenvalue weighted by Crippen LogP contribution is -2.49. The number of carbonyl (C=O) groups is 2. The SMILES string of the molecule is CC(C)COC(=O)N1CCN(c2ccnc(Cl)c2)CC1.CC(C)COC(=O)N1CCNCC1.Clc1cc(Br)ccn1. The molecule has 4 rings (SSSR count). The third kappa shape index (κ3) is 14.4. The minimum atomic E-state index is -0.217. The molecule has 2 aliphatic rings. The van der Waals surface area contributed by atoms with Gasteiger partial charge in [0.25, 0.3) is 0 Å². The molecule has 0 unspecified atom stereocenters. The summed E-state index contributed by atoms with van der Waals surface area (Å²) in [6, 6.07) is 7.33. The first-order valence-corrected chi connectivity index (χ1v) is 15.3. The van der Waals surface area contributed by atoms with Gasteiger partial charge in [-0.1, -0.05) is 66.8 Å². The number of halogens is 3. The summed E-state index contributed by atoms with van der Waals surface area (Å²) in [7, 11) is 0. The van der Waals surface area contributed by atoms with Crippen LogP contribution in [0.2, 0.25) is 10.3 Å². The molecule has 1 N–H and O–H groups in total. The van der Waals surface area contributed by atoms with E-state index in [4.69, 9.17) is 32.7 Å². The van der Waals surface area contributed by atoms with Crippen molar-refractivity contribution in [3.8, 4) is 0 Å². The van der Waals surface area contributed by atoms with Crippen molar-refractivity contribution in [1.82, 2.24) is 25.1 Å². The van der Waals surface area contributed by atoms with Crippen LogP contribution in [0.5, 0.6) is 0 Å². The monoisotopic (exact) mass is 674 g/mol. The van der Waals surface area contributed by atoms with Crippen molar-refractivity contribution in [2.75, 3.05) is 70.5 Å². The van der Waals surface area contributed by atoms with Crippen molar-refractivity contribution in [3.63, 3.8) is 0 Å². The topological polar surface area (TPSA) is 100 Å². The van der Waals surface area contributed by atoms with E-state index in [1.165, 1.54) is 0 Å². The summed E-state index contributed by atoms with van der Waals surface area (Å²) in [4.78, 5) is 36.7. The number of nitrogens with zero attached hydrogens (tertiary/aromatic N) is 5. The van der Waals surface area contributed by atoms with Gasteiger partial charge in [0.15, 0.2) is 0 Å². The highest BCUT2D eigenvalue weighted by Gasteiger charge is 2.22. The summed E-state index contributed by atoms with van der Waals surface area (Å²) >= 11 is 14.6. The Labute approximate surface area is 261 Å². The number of ether oxygens (including phenoxy) is 2. The van der Waals surface area contributed by atoms with E-state index in [0.717, 1.165) is 49.4 Å². The Hall–Kier alpha value is -2.34. The van der Waals surface area contributed by atoms with E-state index in [-0.39, 0.29) is 12.2 Å². The van der Waals surface area contributed by atoms with Gasteiger partial charge in [-0.05, 0) is 36.1 Å². The number of amides is 2. The van der Waals surface area contributed by atoms with Gasteiger partial charge in [0, 0.05) is 74.9 Å². The molecule has 0 spiro atoms. The Morgan fingerprint density at radius 2 is 1.32 bits per heavy atom. The number of aromatic nitrogens is 2. The van der Waals surface area contributed by atoms with Crippen LogP contribution in [0.1, 0.15) is 27.7 Å². The third-order valence-electron chi connectivity index (χ3n) is 5.76. The van der Waals surface area contributed by atoms with Gasteiger partial charge in [0.2, 0.25) is 0 Å². The van der Waals surface area contributed by atoms with E-state index >= 15 is 0 Å². The molecule has 0 aliphatic carbocycles. The molecular formula is C28H41BrCl2N6O4. The van der Waals surface area contributed by atoms with Crippen molar-refractivity contribution in [3.05, 3.63) is 51.4 Å². The number of carbonyl (C=O) groups excluding carboxylic acids is 2. The highest BCUT2D eigenvalue weighted by atomic mass is 79.9. The van der Waals surface area contributed by atoms with Gasteiger partial charge in [0.1, 0.15) is 10.3 Å². The van der Waals surface area contributed by atoms with Crippen LogP contribution in [0, 0.1) is 11.8 Å². The van der Waals surface area contributed by atoms with Crippen LogP contribution >= 0.6 is 39.1 Å². The quantitative estimate of drug-likeness (QED) is 0.395. The molecule has 0 radical (unpaired) electrons. The predicted molar refractivity (Wildman–Crippen MR) is 167 cm³/mol. The van der Waals surface area contributed by atoms with E-state index in [9.17, 15) is 9.59 Å². The van der Waals surface area contributed by atoms with Gasteiger partial charge in [-0.15, -0.1) is 0 Å². The van der Waals surface area contributed by atoms with E-state index in [1.54, 1.807) is 28.3 Å². The summed E-state index contributed by atoms with van der Waals surface area (Å²) in [5.41, 5.74) is 1.04. The largest absolute Gasteiger partial charge is 0.449 e. The minimum absolute atomic E-state index is 0.171. The van der Waals surface area contributed by atoms with Crippen LogP contribution < -0.4 is 10.2 Å². The summed E-state index contributed by atoms with van der Waals surface area (Å²) in [5.74, 6) is 0.770. The van der Waals surface area contributed by atoms with Crippen LogP contribution in [0.15, 0.2) is 41.1 Å². The zero-order chi connectivity index (χ0) is 30.2. The number of nitrogens with one attached hydrogen (secondary N) is 1. The molecule has 13 heteroatoms. The second-order valence-electron chi connectivity index (χ2n) is 10.3. The summed E-state index contributed by atoms with van der Waals surface area (Å²) in [6.07, 6.45) is 2.95. The van der Waals surface area contributed by atoms with Gasteiger partial charge in [0.05, 0.1) is 13.2 Å². The molecule has 10 nitrogen and oxygen atoms in total. The molecule has 2 amide bonds. The number of hydrogen-bond donors (Lipinski definition) is 1. The molecule has 0 saturated carbocycles. The van der Waals surface area contributed by atoms with Crippen molar-refractivity contribution in [1.29, 1.82) is 0 Å². The van der Waals surface area contributed by atoms with Gasteiger partial charge < -0.3 is 29.5 Å². The second kappa shape index (κ2) is 19.0. The molecule has 2 aliphatic heterocycles. The van der Waals surface area contributed by atoms with E-state index in [2.05, 4.69) is 36.1 Å². The number of piperazine rings is 2. The Balaban J connectivity index is 0.000000239. The van der Waals surface area contributed by atoms with Crippen molar-refractivity contribution in [2.24, 2.45) is 11.8 Å². The van der Waals surface area contributed by atoms with Gasteiger partial charge in [-0.3, -0.25) is 0 Å². The number of rotatable bonds is 5. The van der Waals surface area contributed by atoms with Crippen molar-refractivity contribution >= 4 is 57.0 Å². The minimum Gasteiger partial charge on any atom is -0.449 e. The molecule has 2 aromatic rings. The Morgan fingerprint density at radius 1 is 0.829 bits per heavy atom. The molecular weight excluding hydrogens is 635 g/mol. The summed E-state index contributed by atoms with van der Waals surface area (Å²) in [6.45, 7) is 15.2. The van der Waals surface area contributed by atoms with E-state index in [1.807, 2.05) is 45.9 Å². The van der Waals surface area contributed by atoms with Gasteiger partial charge >= 0.3 is 12.2 Å². The lowest BCUT2D eigenvalue weighted by atomic mass is 10.2. The summed E-state index contributed by atoms with van der Waals surface area (Å²) in [5, 5.41) is 4.19. The normalized spacial score (nSPS) is 15.0. The molecule has 0 aromatic carbocycles. The molecule has 0 bridgehead atoms. The fraction of sp³-hybridized carbons (Fsp3) is 0.571. The first kappa shape index (κ1) is 34.9. The maximum absolute atomic E-state index is 11.9. The molecule has 2 fully saturated rings. The lowest BCUT2D eigenvalue weighted by Gasteiger charge is -2.35. The average Bonchev–Trinajstić information content (AvgIpc) is 2.95. The predicted octanol–water partition coefficient (Wildman–Crippen LogP) is 5.83. The molecule has 0 atom stereocenters. The van der Waals surface area contributed by atoms with Crippen LogP contribution in [0.25, 0.3) is 0 Å². The Bertz CT molecular complexity index is 1050. The lowest BCUT2D eigenvalue weighted by molar-refractivity contribution is 0.0878. The number of pyridine rings is 2. The highest BCUT2D eigenvalue weighted by molar-refractivity contribution is 9.10. The fourth-order valence-electron chi connectivity index (χ4n) is 3.62. The zero-order valence-electron chi connectivity index (χ0n) is 24.2. The van der Waals surface area contributed by atoms with Crippen LogP contribution in [-0.4, -0.2) is 97.5 Å². The number of hydrogen-bond acceptors (Lipinski definition) is 8. The van der Waals surface area contributed by atoms with E-state index < -0.39 is 0 Å². The van der Waals surface area contributed by atoms with Crippen LogP contribution in [-0.2, 0) is 9.47 Å². The maximum Gasteiger partial charge on any atom is 0.409 e. The van der Waals surface area contributed by atoms with Gasteiger partial charge in [-0.25, -0.2) is 19.6 Å². The van der Waals surface area contributed by atoms with Crippen LogP contribution in [0.3, 0.4) is 0 Å². The smallest absolute Gasteiger partial charge is 0.409 e. The third-order valence-corrected chi connectivity index (χ3v) is 6.66. The first-order chi connectivity index (χ1) is 19.5. The van der Waals surface area contributed by atoms with Gasteiger partial charge in [-0.2, -0.15) is 0 Å². The Morgan fingerprint density at radius 3 is 1.76 bits per heavy atom. The highest BCUT2D eigenvalue weighted by Crippen LogP contribution is 2.19. The molecule has 41 heavy (non-hydrogen) atoms. The first-order valence-electron chi connectivity index (χ1n) is 13.7. The zero-order valence-corrected chi connectivity index (χ0v) is 27.3. The standard InChI is InChI=1S/C14H20ClN3O2.C9H18N2O2.C5H3BrClN/c1-11(2)10-20-14(19)18-7-5-17(6-8-18)12-3-4-16-13(15)9-12;1-8(2)7-13-9(12)11-5-3-10-4-6-11;6-4-1-2-8-5(7)3-4/h3-4,9,11H,5-8,10H2,1-2H3;8,10H,3-7H2,1-2H3;1-3H. The van der Waals surface area contributed by atoms with Crippen LogP contribution in [0.4, 0.5) is 15.3 Å². The fourth-order valence-corrected chi connectivity index (χ4v) is 4.43. The second-order valence-corrected chi connectivity index (χ2v) is 12.0. The molecule has 2 saturated heterocycles. The van der Waals surface area contributed by atoms with Crippen molar-refractivity contribution < 1.29 is 19.1 Å². The molecule has 4 heterocycles. The number of anilines is 1. The van der Waals surface area contributed by atoms with E-state index in [0.29, 0.717) is 48.4 Å².